The number of methoxy groups -OCH3 is 1. The quantitative estimate of drug-likeness (QED) is 0.776. The van der Waals surface area contributed by atoms with Gasteiger partial charge in [-0.2, -0.15) is 0 Å². The molecule has 0 aromatic carbocycles. The van der Waals surface area contributed by atoms with Crippen molar-refractivity contribution in [1.29, 1.82) is 0 Å². The summed E-state index contributed by atoms with van der Waals surface area (Å²) in [5.41, 5.74) is 0. The lowest BCUT2D eigenvalue weighted by atomic mass is 9.84. The van der Waals surface area contributed by atoms with Crippen LogP contribution in [0.25, 0.3) is 0 Å². The van der Waals surface area contributed by atoms with Crippen LogP contribution in [0.1, 0.15) is 40.0 Å². The van der Waals surface area contributed by atoms with Gasteiger partial charge in [-0.25, -0.2) is 0 Å². The SMILES string of the molecule is COCCN(CC(C)C)C1CC(C)CCC1O. The fourth-order valence-corrected chi connectivity index (χ4v) is 2.80. The van der Waals surface area contributed by atoms with Gasteiger partial charge in [-0.15, -0.1) is 0 Å². The first-order valence-electron chi connectivity index (χ1n) is 6.95. The third kappa shape index (κ3) is 4.94. The molecule has 1 saturated carbocycles. The van der Waals surface area contributed by atoms with E-state index >= 15 is 0 Å². The molecular weight excluding hydrogens is 214 g/mol. The highest BCUT2D eigenvalue weighted by atomic mass is 16.5. The number of nitrogens with zero attached hydrogens (tertiary/aromatic N) is 1. The Hall–Kier alpha value is -0.120. The number of ether oxygens (including phenoxy) is 1. The highest BCUT2D eigenvalue weighted by Gasteiger charge is 2.31. The molecule has 102 valence electrons. The summed E-state index contributed by atoms with van der Waals surface area (Å²) < 4.78 is 5.18. The number of aliphatic hydroxyl groups is 1. The van der Waals surface area contributed by atoms with Crippen LogP contribution in [0.2, 0.25) is 0 Å². The van der Waals surface area contributed by atoms with Gasteiger partial charge in [0.25, 0.3) is 0 Å². The fourth-order valence-electron chi connectivity index (χ4n) is 2.80. The van der Waals surface area contributed by atoms with Gasteiger partial charge in [0.2, 0.25) is 0 Å². The predicted octanol–water partition coefficient (Wildman–Crippen LogP) is 2.14. The maximum Gasteiger partial charge on any atom is 0.0695 e. The average molecular weight is 243 g/mol. The maximum atomic E-state index is 10.2. The first kappa shape index (κ1) is 14.9. The summed E-state index contributed by atoms with van der Waals surface area (Å²) in [7, 11) is 1.74. The van der Waals surface area contributed by atoms with Crippen LogP contribution >= 0.6 is 0 Å². The van der Waals surface area contributed by atoms with E-state index in [0.29, 0.717) is 12.0 Å². The predicted molar refractivity (Wildman–Crippen MR) is 71.1 cm³/mol. The third-order valence-electron chi connectivity index (χ3n) is 3.69. The van der Waals surface area contributed by atoms with Crippen molar-refractivity contribution in [2.45, 2.75) is 52.2 Å². The molecule has 3 heteroatoms. The Balaban J connectivity index is 2.58. The normalized spacial score (nSPS) is 30.2. The molecule has 1 rings (SSSR count). The number of hydrogen-bond acceptors (Lipinski definition) is 3. The molecule has 3 nitrogen and oxygen atoms in total. The first-order valence-corrected chi connectivity index (χ1v) is 6.95. The summed E-state index contributed by atoms with van der Waals surface area (Å²) >= 11 is 0. The van der Waals surface area contributed by atoms with Crippen molar-refractivity contribution >= 4 is 0 Å². The number of aliphatic hydroxyl groups excluding tert-OH is 1. The van der Waals surface area contributed by atoms with E-state index in [1.165, 1.54) is 0 Å². The monoisotopic (exact) mass is 243 g/mol. The lowest BCUT2D eigenvalue weighted by Gasteiger charge is -2.40. The van der Waals surface area contributed by atoms with E-state index in [-0.39, 0.29) is 6.10 Å². The number of hydrogen-bond donors (Lipinski definition) is 1. The Morgan fingerprint density at radius 2 is 2.06 bits per heavy atom. The minimum atomic E-state index is -0.151. The van der Waals surface area contributed by atoms with Gasteiger partial charge in [-0.3, -0.25) is 4.90 Å². The minimum absolute atomic E-state index is 0.151. The summed E-state index contributed by atoms with van der Waals surface area (Å²) in [6.45, 7) is 9.50. The summed E-state index contributed by atoms with van der Waals surface area (Å²) in [5, 5.41) is 10.2. The molecular formula is C14H29NO2. The topological polar surface area (TPSA) is 32.7 Å². The molecule has 1 N–H and O–H groups in total. The highest BCUT2D eigenvalue weighted by Crippen LogP contribution is 2.28. The molecule has 0 amide bonds. The molecule has 0 heterocycles. The highest BCUT2D eigenvalue weighted by molar-refractivity contribution is 4.86. The van der Waals surface area contributed by atoms with Crippen molar-refractivity contribution in [3.63, 3.8) is 0 Å². The maximum absolute atomic E-state index is 10.2. The smallest absolute Gasteiger partial charge is 0.0695 e. The molecule has 0 spiro atoms. The van der Waals surface area contributed by atoms with Gasteiger partial charge in [-0.1, -0.05) is 20.8 Å². The molecule has 3 atom stereocenters. The lowest BCUT2D eigenvalue weighted by molar-refractivity contribution is -0.00827. The molecule has 0 bridgehead atoms. The second-order valence-electron chi connectivity index (χ2n) is 5.93. The van der Waals surface area contributed by atoms with E-state index in [2.05, 4.69) is 25.7 Å². The second-order valence-corrected chi connectivity index (χ2v) is 5.93. The van der Waals surface area contributed by atoms with Crippen LogP contribution in [-0.2, 0) is 4.74 Å². The van der Waals surface area contributed by atoms with E-state index in [9.17, 15) is 5.11 Å². The standard InChI is InChI=1S/C14H29NO2/c1-11(2)10-15(7-8-17-4)13-9-12(3)5-6-14(13)16/h11-14,16H,5-10H2,1-4H3. The molecule has 3 unspecified atom stereocenters. The zero-order valence-corrected chi connectivity index (χ0v) is 11.9. The molecule has 0 aromatic heterocycles. The van der Waals surface area contributed by atoms with Gasteiger partial charge in [0, 0.05) is 26.2 Å². The molecule has 0 aliphatic heterocycles. The molecule has 0 saturated heterocycles. The van der Waals surface area contributed by atoms with Crippen molar-refractivity contribution in [2.24, 2.45) is 11.8 Å². The molecule has 0 radical (unpaired) electrons. The van der Waals surface area contributed by atoms with Crippen LogP contribution in [0.15, 0.2) is 0 Å². The summed E-state index contributed by atoms with van der Waals surface area (Å²) in [4.78, 5) is 2.43. The van der Waals surface area contributed by atoms with Crippen LogP contribution in [-0.4, -0.2) is 49.0 Å². The van der Waals surface area contributed by atoms with E-state index < -0.39 is 0 Å². The summed E-state index contributed by atoms with van der Waals surface area (Å²) in [6.07, 6.45) is 3.09. The molecule has 1 aliphatic rings. The zero-order chi connectivity index (χ0) is 12.8. The molecule has 1 aliphatic carbocycles. The fraction of sp³-hybridized carbons (Fsp3) is 1.00. The Morgan fingerprint density at radius 1 is 1.35 bits per heavy atom. The Kier molecular flexibility index (Phi) is 6.45. The van der Waals surface area contributed by atoms with Crippen LogP contribution in [0.3, 0.4) is 0 Å². The van der Waals surface area contributed by atoms with Crippen molar-refractivity contribution in [3.8, 4) is 0 Å². The second kappa shape index (κ2) is 7.34. The van der Waals surface area contributed by atoms with Gasteiger partial charge in [0.1, 0.15) is 0 Å². The number of rotatable bonds is 6. The van der Waals surface area contributed by atoms with Crippen LogP contribution in [0.4, 0.5) is 0 Å². The van der Waals surface area contributed by atoms with Crippen molar-refractivity contribution < 1.29 is 9.84 Å². The van der Waals surface area contributed by atoms with Crippen LogP contribution < -0.4 is 0 Å². The van der Waals surface area contributed by atoms with E-state index in [1.54, 1.807) is 7.11 Å². The summed E-state index contributed by atoms with van der Waals surface area (Å²) in [5.74, 6) is 1.37. The molecule has 17 heavy (non-hydrogen) atoms. The first-order chi connectivity index (χ1) is 8.04. The largest absolute Gasteiger partial charge is 0.391 e. The van der Waals surface area contributed by atoms with Gasteiger partial charge < -0.3 is 9.84 Å². The van der Waals surface area contributed by atoms with Crippen molar-refractivity contribution in [2.75, 3.05) is 26.8 Å². The third-order valence-corrected chi connectivity index (χ3v) is 3.69. The van der Waals surface area contributed by atoms with Crippen LogP contribution in [0.5, 0.6) is 0 Å². The Morgan fingerprint density at radius 3 is 2.65 bits per heavy atom. The zero-order valence-electron chi connectivity index (χ0n) is 11.9. The summed E-state index contributed by atoms with van der Waals surface area (Å²) in [6, 6.07) is 0.330. The van der Waals surface area contributed by atoms with E-state index in [0.717, 1.165) is 44.9 Å². The van der Waals surface area contributed by atoms with Gasteiger partial charge in [0.05, 0.1) is 12.7 Å². The average Bonchev–Trinajstić information content (AvgIpc) is 2.27. The van der Waals surface area contributed by atoms with Gasteiger partial charge >= 0.3 is 0 Å². The van der Waals surface area contributed by atoms with Crippen LogP contribution in [0, 0.1) is 11.8 Å². The lowest BCUT2D eigenvalue weighted by Crippen LogP contribution is -2.49. The molecule has 1 fully saturated rings. The van der Waals surface area contributed by atoms with Gasteiger partial charge in [0.15, 0.2) is 0 Å². The van der Waals surface area contributed by atoms with Crippen molar-refractivity contribution in [1.82, 2.24) is 4.90 Å². The Labute approximate surface area is 106 Å². The van der Waals surface area contributed by atoms with E-state index in [4.69, 9.17) is 4.74 Å². The Bertz CT molecular complexity index is 208. The minimum Gasteiger partial charge on any atom is -0.391 e. The van der Waals surface area contributed by atoms with E-state index in [1.807, 2.05) is 0 Å². The van der Waals surface area contributed by atoms with Gasteiger partial charge in [-0.05, 0) is 31.1 Å². The van der Waals surface area contributed by atoms with Crippen molar-refractivity contribution in [3.05, 3.63) is 0 Å². The molecule has 0 aromatic rings.